The van der Waals surface area contributed by atoms with Crippen molar-refractivity contribution in [2.75, 3.05) is 10.6 Å². The quantitative estimate of drug-likeness (QED) is 0.571. The van der Waals surface area contributed by atoms with Gasteiger partial charge in [0.05, 0.1) is 0 Å². The third-order valence-corrected chi connectivity index (χ3v) is 4.36. The minimum absolute atomic E-state index is 0.0341. The van der Waals surface area contributed by atoms with E-state index in [4.69, 9.17) is 0 Å². The summed E-state index contributed by atoms with van der Waals surface area (Å²) in [7, 11) is 0. The van der Waals surface area contributed by atoms with E-state index in [2.05, 4.69) is 20.6 Å². The van der Waals surface area contributed by atoms with Gasteiger partial charge in [0.2, 0.25) is 11.9 Å². The molecule has 29 heavy (non-hydrogen) atoms. The summed E-state index contributed by atoms with van der Waals surface area (Å²) in [6.07, 6.45) is 0.321. The van der Waals surface area contributed by atoms with Crippen LogP contribution in [0.4, 0.5) is 17.3 Å². The van der Waals surface area contributed by atoms with Crippen LogP contribution in [0.2, 0.25) is 0 Å². The Bertz CT molecular complexity index is 992. The van der Waals surface area contributed by atoms with Crippen LogP contribution in [0.25, 0.3) is 0 Å². The van der Waals surface area contributed by atoms with Gasteiger partial charge in [-0.1, -0.05) is 29.8 Å². The molecule has 2 aromatic carbocycles. The van der Waals surface area contributed by atoms with E-state index in [1.54, 1.807) is 24.3 Å². The van der Waals surface area contributed by atoms with Crippen LogP contribution in [0, 0.1) is 20.8 Å². The Kier molecular flexibility index (Phi) is 6.34. The van der Waals surface area contributed by atoms with E-state index < -0.39 is 0 Å². The number of rotatable bonds is 7. The van der Waals surface area contributed by atoms with Crippen LogP contribution in [-0.2, 0) is 4.79 Å². The van der Waals surface area contributed by atoms with E-state index in [-0.39, 0.29) is 24.5 Å². The van der Waals surface area contributed by atoms with E-state index in [0.29, 0.717) is 17.2 Å². The lowest BCUT2D eigenvalue weighted by atomic mass is 10.0. The van der Waals surface area contributed by atoms with E-state index in [1.807, 2.05) is 51.1 Å². The second-order valence-electron chi connectivity index (χ2n) is 7.01. The molecule has 1 aromatic heterocycles. The lowest BCUT2D eigenvalue weighted by Gasteiger charge is -2.09. The van der Waals surface area contributed by atoms with Crippen LogP contribution < -0.4 is 10.6 Å². The van der Waals surface area contributed by atoms with Gasteiger partial charge in [-0.3, -0.25) is 9.59 Å². The second kappa shape index (κ2) is 9.10. The number of aryl methyl sites for hydroxylation is 3. The molecule has 0 unspecified atom stereocenters. The van der Waals surface area contributed by atoms with Gasteiger partial charge in [0, 0.05) is 41.2 Å². The molecule has 6 heteroatoms. The monoisotopic (exact) mass is 388 g/mol. The highest BCUT2D eigenvalue weighted by atomic mass is 16.2. The average Bonchev–Trinajstić information content (AvgIpc) is 2.67. The first-order valence-corrected chi connectivity index (χ1v) is 9.48. The Hall–Kier alpha value is -3.54. The van der Waals surface area contributed by atoms with Gasteiger partial charge in [-0.25, -0.2) is 9.97 Å². The van der Waals surface area contributed by atoms with Crippen molar-refractivity contribution in [1.82, 2.24) is 9.97 Å². The molecule has 0 aliphatic carbocycles. The maximum absolute atomic E-state index is 12.2. The number of nitrogens with zero attached hydrogens (tertiary/aromatic N) is 2. The molecule has 0 spiro atoms. The normalized spacial score (nSPS) is 10.4. The molecule has 0 aliphatic heterocycles. The number of nitrogens with one attached hydrogen (secondary N) is 2. The predicted octanol–water partition coefficient (Wildman–Crippen LogP) is 4.75. The molecule has 6 nitrogen and oxygen atoms in total. The van der Waals surface area contributed by atoms with Gasteiger partial charge in [0.15, 0.2) is 5.78 Å². The molecule has 0 aliphatic rings. The average molecular weight is 388 g/mol. The van der Waals surface area contributed by atoms with Crippen molar-refractivity contribution in [3.05, 3.63) is 77.1 Å². The first kappa shape index (κ1) is 20.2. The molecular formula is C23H24N4O2. The van der Waals surface area contributed by atoms with Gasteiger partial charge in [-0.2, -0.15) is 0 Å². The van der Waals surface area contributed by atoms with E-state index >= 15 is 0 Å². The van der Waals surface area contributed by atoms with Gasteiger partial charge < -0.3 is 10.6 Å². The first-order chi connectivity index (χ1) is 13.9. The molecule has 0 radical (unpaired) electrons. The lowest BCUT2D eigenvalue weighted by Crippen LogP contribution is -2.13. The minimum atomic E-state index is -0.191. The molecule has 2 N–H and O–H groups in total. The van der Waals surface area contributed by atoms with E-state index in [9.17, 15) is 9.59 Å². The van der Waals surface area contributed by atoms with Crippen LogP contribution in [0.1, 0.15) is 40.2 Å². The van der Waals surface area contributed by atoms with Crippen molar-refractivity contribution in [1.29, 1.82) is 0 Å². The number of anilines is 3. The molecule has 0 atom stereocenters. The summed E-state index contributed by atoms with van der Waals surface area (Å²) >= 11 is 0. The second-order valence-corrected chi connectivity index (χ2v) is 7.01. The van der Waals surface area contributed by atoms with Gasteiger partial charge in [-0.05, 0) is 51.1 Å². The number of Topliss-reactive ketones (excluding diaryl/α,β-unsaturated/α-hetero) is 1. The van der Waals surface area contributed by atoms with Crippen LogP contribution in [0.3, 0.4) is 0 Å². The number of hydrogen-bond donors (Lipinski definition) is 2. The zero-order chi connectivity index (χ0) is 20.8. The van der Waals surface area contributed by atoms with Gasteiger partial charge in [-0.15, -0.1) is 0 Å². The SMILES string of the molecule is Cc1ccc(C(=O)CCC(=O)Nc2ccc(Nc3nc(C)cc(C)n3)cc2)cc1. The number of carbonyl (C=O) groups is 2. The van der Waals surface area contributed by atoms with Crippen LogP contribution >= 0.6 is 0 Å². The van der Waals surface area contributed by atoms with Gasteiger partial charge in [0.25, 0.3) is 0 Å². The highest BCUT2D eigenvalue weighted by Crippen LogP contribution is 2.18. The zero-order valence-electron chi connectivity index (χ0n) is 16.8. The fraction of sp³-hybridized carbons (Fsp3) is 0.217. The van der Waals surface area contributed by atoms with Gasteiger partial charge >= 0.3 is 0 Å². The molecule has 1 heterocycles. The summed E-state index contributed by atoms with van der Waals surface area (Å²) in [4.78, 5) is 33.0. The molecule has 148 valence electrons. The van der Waals surface area contributed by atoms with Crippen molar-refractivity contribution in [3.63, 3.8) is 0 Å². The van der Waals surface area contributed by atoms with Crippen LogP contribution in [-0.4, -0.2) is 21.7 Å². The number of hydrogen-bond acceptors (Lipinski definition) is 5. The summed E-state index contributed by atoms with van der Waals surface area (Å²) < 4.78 is 0. The van der Waals surface area contributed by atoms with E-state index in [0.717, 1.165) is 22.6 Å². The topological polar surface area (TPSA) is 84.0 Å². The Balaban J connectivity index is 1.51. The van der Waals surface area contributed by atoms with Crippen LogP contribution in [0.5, 0.6) is 0 Å². The smallest absolute Gasteiger partial charge is 0.227 e. The molecule has 0 saturated carbocycles. The van der Waals surface area contributed by atoms with Gasteiger partial charge in [0.1, 0.15) is 0 Å². The Morgan fingerprint density at radius 3 is 2.00 bits per heavy atom. The Morgan fingerprint density at radius 1 is 0.793 bits per heavy atom. The predicted molar refractivity (Wildman–Crippen MR) is 115 cm³/mol. The summed E-state index contributed by atoms with van der Waals surface area (Å²) in [6.45, 7) is 5.81. The van der Waals surface area contributed by atoms with Crippen molar-refractivity contribution >= 4 is 29.0 Å². The highest BCUT2D eigenvalue weighted by Gasteiger charge is 2.10. The number of benzene rings is 2. The summed E-state index contributed by atoms with van der Waals surface area (Å²) in [5.74, 6) is 0.311. The molecule has 0 fully saturated rings. The van der Waals surface area contributed by atoms with E-state index in [1.165, 1.54) is 0 Å². The number of ketones is 1. The van der Waals surface area contributed by atoms with Crippen molar-refractivity contribution in [3.8, 4) is 0 Å². The third-order valence-electron chi connectivity index (χ3n) is 4.36. The Labute approximate surface area is 170 Å². The van der Waals surface area contributed by atoms with Crippen molar-refractivity contribution in [2.45, 2.75) is 33.6 Å². The number of carbonyl (C=O) groups excluding carboxylic acids is 2. The summed E-state index contributed by atoms with van der Waals surface area (Å²) in [6, 6.07) is 16.6. The fourth-order valence-electron chi connectivity index (χ4n) is 2.88. The largest absolute Gasteiger partial charge is 0.326 e. The molecule has 3 rings (SSSR count). The van der Waals surface area contributed by atoms with Crippen LogP contribution in [0.15, 0.2) is 54.6 Å². The highest BCUT2D eigenvalue weighted by molar-refractivity contribution is 6.00. The standard InChI is InChI=1S/C23H24N4O2/c1-15-4-6-18(7-5-15)21(28)12-13-22(29)26-19-8-10-20(11-9-19)27-23-24-16(2)14-17(3)25-23/h4-11,14H,12-13H2,1-3H3,(H,26,29)(H,24,25,27). The fourth-order valence-corrected chi connectivity index (χ4v) is 2.88. The molecular weight excluding hydrogens is 364 g/mol. The minimum Gasteiger partial charge on any atom is -0.326 e. The molecule has 0 saturated heterocycles. The molecule has 0 bridgehead atoms. The van der Waals surface area contributed by atoms with Crippen molar-refractivity contribution in [2.24, 2.45) is 0 Å². The maximum atomic E-state index is 12.2. The zero-order valence-corrected chi connectivity index (χ0v) is 16.8. The summed E-state index contributed by atoms with van der Waals surface area (Å²) in [5, 5.41) is 5.97. The molecule has 3 aromatic rings. The maximum Gasteiger partial charge on any atom is 0.227 e. The molecule has 1 amide bonds. The summed E-state index contributed by atoms with van der Waals surface area (Å²) in [5.41, 5.74) is 5.01. The Morgan fingerprint density at radius 2 is 1.38 bits per heavy atom. The third kappa shape index (κ3) is 5.97. The number of amides is 1. The van der Waals surface area contributed by atoms with Crippen molar-refractivity contribution < 1.29 is 9.59 Å². The first-order valence-electron chi connectivity index (χ1n) is 9.48. The lowest BCUT2D eigenvalue weighted by molar-refractivity contribution is -0.116. The number of aromatic nitrogens is 2.